The summed E-state index contributed by atoms with van der Waals surface area (Å²) in [5.41, 5.74) is 3.80. The Bertz CT molecular complexity index is 1370. The lowest BCUT2D eigenvalue weighted by atomic mass is 10.1. The standard InChI is InChI=1S/C32H37N3O4/c1-23(34-29-21-28(38-3)20-25-11-7-17-33-32(25)29)9-8-18-35(22-26-10-5-6-12-30(26)39-4)31(36)19-24-13-15-27(37-2)16-14-24/h5-7,10-17,20-21,23,34H,8-9,18-19,22H2,1-4H3. The zero-order chi connectivity index (χ0) is 27.6. The molecule has 4 aromatic rings. The Morgan fingerprint density at radius 2 is 1.69 bits per heavy atom. The first kappa shape index (κ1) is 27.8. The van der Waals surface area contributed by atoms with Gasteiger partial charge in [-0.05, 0) is 55.7 Å². The second-order valence-electron chi connectivity index (χ2n) is 9.59. The Hall–Kier alpha value is -4.26. The van der Waals surface area contributed by atoms with E-state index in [2.05, 4.69) is 17.2 Å². The number of aromatic nitrogens is 1. The van der Waals surface area contributed by atoms with Crippen LogP contribution in [-0.2, 0) is 17.8 Å². The van der Waals surface area contributed by atoms with Crippen molar-refractivity contribution in [2.45, 2.75) is 38.8 Å². The van der Waals surface area contributed by atoms with E-state index in [1.54, 1.807) is 27.5 Å². The molecule has 1 heterocycles. The number of carbonyl (C=O) groups is 1. The number of hydrogen-bond acceptors (Lipinski definition) is 6. The Morgan fingerprint density at radius 1 is 0.923 bits per heavy atom. The highest BCUT2D eigenvalue weighted by atomic mass is 16.5. The van der Waals surface area contributed by atoms with E-state index < -0.39 is 0 Å². The van der Waals surface area contributed by atoms with E-state index in [4.69, 9.17) is 14.2 Å². The van der Waals surface area contributed by atoms with Crippen LogP contribution in [0.25, 0.3) is 10.9 Å². The summed E-state index contributed by atoms with van der Waals surface area (Å²) in [7, 11) is 4.97. The molecule has 1 N–H and O–H groups in total. The molecule has 0 radical (unpaired) electrons. The van der Waals surface area contributed by atoms with Crippen LogP contribution >= 0.6 is 0 Å². The quantitative estimate of drug-likeness (QED) is 0.226. The van der Waals surface area contributed by atoms with Crippen LogP contribution in [0.2, 0.25) is 0 Å². The molecule has 0 aliphatic heterocycles. The first-order valence-electron chi connectivity index (χ1n) is 13.2. The molecule has 204 valence electrons. The second-order valence-corrected chi connectivity index (χ2v) is 9.59. The monoisotopic (exact) mass is 527 g/mol. The van der Waals surface area contributed by atoms with Crippen molar-refractivity contribution < 1.29 is 19.0 Å². The van der Waals surface area contributed by atoms with Gasteiger partial charge in [-0.2, -0.15) is 0 Å². The maximum atomic E-state index is 13.5. The minimum atomic E-state index is 0.0784. The average molecular weight is 528 g/mol. The number of anilines is 1. The molecule has 0 aliphatic carbocycles. The predicted octanol–water partition coefficient (Wildman–Crippen LogP) is 6.11. The van der Waals surface area contributed by atoms with E-state index in [9.17, 15) is 4.79 Å². The third kappa shape index (κ3) is 7.41. The fourth-order valence-corrected chi connectivity index (χ4v) is 4.68. The van der Waals surface area contributed by atoms with E-state index in [-0.39, 0.29) is 11.9 Å². The smallest absolute Gasteiger partial charge is 0.227 e. The summed E-state index contributed by atoms with van der Waals surface area (Å²) in [5.74, 6) is 2.43. The summed E-state index contributed by atoms with van der Waals surface area (Å²) in [6.07, 6.45) is 3.85. The summed E-state index contributed by atoms with van der Waals surface area (Å²) in [6.45, 7) is 3.28. The summed E-state index contributed by atoms with van der Waals surface area (Å²) >= 11 is 0. The predicted molar refractivity (Wildman–Crippen MR) is 156 cm³/mol. The maximum absolute atomic E-state index is 13.5. The average Bonchev–Trinajstić information content (AvgIpc) is 2.97. The van der Waals surface area contributed by atoms with Crippen LogP contribution in [0.4, 0.5) is 5.69 Å². The molecule has 1 aromatic heterocycles. The topological polar surface area (TPSA) is 72.9 Å². The van der Waals surface area contributed by atoms with Crippen molar-refractivity contribution in [2.24, 2.45) is 0 Å². The summed E-state index contributed by atoms with van der Waals surface area (Å²) in [6, 6.07) is 23.6. The van der Waals surface area contributed by atoms with Gasteiger partial charge in [0.05, 0.1) is 39.0 Å². The molecular formula is C32H37N3O4. The lowest BCUT2D eigenvalue weighted by Gasteiger charge is -2.25. The number of nitrogens with one attached hydrogen (secondary N) is 1. The Kier molecular flexibility index (Phi) is 9.62. The van der Waals surface area contributed by atoms with Crippen molar-refractivity contribution in [3.8, 4) is 17.2 Å². The highest BCUT2D eigenvalue weighted by molar-refractivity contribution is 5.92. The number of carbonyl (C=O) groups excluding carboxylic acids is 1. The van der Waals surface area contributed by atoms with Crippen molar-refractivity contribution in [3.05, 3.63) is 90.1 Å². The molecule has 39 heavy (non-hydrogen) atoms. The third-order valence-corrected chi connectivity index (χ3v) is 6.80. The van der Waals surface area contributed by atoms with Gasteiger partial charge >= 0.3 is 0 Å². The molecule has 0 aliphatic rings. The van der Waals surface area contributed by atoms with Crippen molar-refractivity contribution >= 4 is 22.5 Å². The number of rotatable bonds is 13. The molecule has 0 spiro atoms. The fraction of sp³-hybridized carbons (Fsp3) is 0.312. The summed E-state index contributed by atoms with van der Waals surface area (Å²) in [4.78, 5) is 20.0. The van der Waals surface area contributed by atoms with E-state index in [0.29, 0.717) is 19.5 Å². The van der Waals surface area contributed by atoms with Crippen molar-refractivity contribution in [1.29, 1.82) is 0 Å². The molecular weight excluding hydrogens is 490 g/mol. The Labute approximate surface area is 230 Å². The maximum Gasteiger partial charge on any atom is 0.227 e. The number of fused-ring (bicyclic) bond motifs is 1. The molecule has 4 rings (SSSR count). The molecule has 0 fully saturated rings. The number of amides is 1. The molecule has 1 amide bonds. The van der Waals surface area contributed by atoms with Gasteiger partial charge in [-0.1, -0.05) is 36.4 Å². The van der Waals surface area contributed by atoms with Crippen LogP contribution in [0.3, 0.4) is 0 Å². The Balaban J connectivity index is 1.43. The first-order chi connectivity index (χ1) is 19.0. The zero-order valence-corrected chi connectivity index (χ0v) is 23.1. The van der Waals surface area contributed by atoms with Crippen LogP contribution in [0, 0.1) is 0 Å². The van der Waals surface area contributed by atoms with Gasteiger partial charge in [0.15, 0.2) is 0 Å². The molecule has 1 unspecified atom stereocenters. The lowest BCUT2D eigenvalue weighted by molar-refractivity contribution is -0.131. The minimum absolute atomic E-state index is 0.0784. The SMILES string of the molecule is COc1ccc(CC(=O)N(CCCC(C)Nc2cc(OC)cc3cccnc23)Cc2ccccc2OC)cc1. The van der Waals surface area contributed by atoms with Gasteiger partial charge in [-0.15, -0.1) is 0 Å². The van der Waals surface area contributed by atoms with Crippen molar-refractivity contribution in [2.75, 3.05) is 33.2 Å². The van der Waals surface area contributed by atoms with E-state index in [1.165, 1.54) is 0 Å². The number of nitrogens with zero attached hydrogens (tertiary/aromatic N) is 2. The molecule has 0 saturated carbocycles. The number of ether oxygens (including phenoxy) is 3. The fourth-order valence-electron chi connectivity index (χ4n) is 4.68. The molecule has 3 aromatic carbocycles. The van der Waals surface area contributed by atoms with Gasteiger partial charge in [0.2, 0.25) is 5.91 Å². The molecule has 0 saturated heterocycles. The van der Waals surface area contributed by atoms with Crippen LogP contribution in [0.5, 0.6) is 17.2 Å². The number of methoxy groups -OCH3 is 3. The van der Waals surface area contributed by atoms with Gasteiger partial charge < -0.3 is 24.4 Å². The molecule has 1 atom stereocenters. The van der Waals surface area contributed by atoms with Crippen LogP contribution in [0.1, 0.15) is 30.9 Å². The molecule has 7 heteroatoms. The number of para-hydroxylation sites is 1. The summed E-state index contributed by atoms with van der Waals surface area (Å²) in [5, 5.41) is 4.63. The van der Waals surface area contributed by atoms with Crippen LogP contribution in [0.15, 0.2) is 79.0 Å². The van der Waals surface area contributed by atoms with Gasteiger partial charge in [0.25, 0.3) is 0 Å². The molecule has 7 nitrogen and oxygen atoms in total. The zero-order valence-electron chi connectivity index (χ0n) is 23.1. The lowest BCUT2D eigenvalue weighted by Crippen LogP contribution is -2.33. The normalized spacial score (nSPS) is 11.6. The van der Waals surface area contributed by atoms with Crippen molar-refractivity contribution in [1.82, 2.24) is 9.88 Å². The van der Waals surface area contributed by atoms with E-state index in [1.807, 2.05) is 77.7 Å². The highest BCUT2D eigenvalue weighted by Crippen LogP contribution is 2.28. The van der Waals surface area contributed by atoms with E-state index in [0.717, 1.165) is 57.8 Å². The highest BCUT2D eigenvalue weighted by Gasteiger charge is 2.18. The van der Waals surface area contributed by atoms with Gasteiger partial charge in [0.1, 0.15) is 17.2 Å². The van der Waals surface area contributed by atoms with E-state index >= 15 is 0 Å². The third-order valence-electron chi connectivity index (χ3n) is 6.80. The largest absolute Gasteiger partial charge is 0.497 e. The van der Waals surface area contributed by atoms with Crippen LogP contribution < -0.4 is 19.5 Å². The van der Waals surface area contributed by atoms with Gasteiger partial charge in [-0.25, -0.2) is 0 Å². The minimum Gasteiger partial charge on any atom is -0.497 e. The number of hydrogen-bond donors (Lipinski definition) is 1. The van der Waals surface area contributed by atoms with Crippen LogP contribution in [-0.4, -0.2) is 49.7 Å². The van der Waals surface area contributed by atoms with Gasteiger partial charge in [-0.3, -0.25) is 9.78 Å². The number of benzene rings is 3. The van der Waals surface area contributed by atoms with Gasteiger partial charge in [0, 0.05) is 42.3 Å². The second kappa shape index (κ2) is 13.5. The first-order valence-corrected chi connectivity index (χ1v) is 13.2. The Morgan fingerprint density at radius 3 is 2.44 bits per heavy atom. The van der Waals surface area contributed by atoms with Crippen molar-refractivity contribution in [3.63, 3.8) is 0 Å². The number of pyridine rings is 1. The molecule has 0 bridgehead atoms. The summed E-state index contributed by atoms with van der Waals surface area (Å²) < 4.78 is 16.3.